The molecule has 0 aliphatic carbocycles. The standard InChI is InChI=1S/C3H8O9P2/c4-1-3(12-14(8,9)10)2-11-13(5,6)7/h1,3H,2H2,(H2,5,6,7)(H2,8,9,10)/t3-/m0/s1. The summed E-state index contributed by atoms with van der Waals surface area (Å²) in [7, 11) is -9.67. The van der Waals surface area contributed by atoms with Crippen molar-refractivity contribution in [2.24, 2.45) is 0 Å². The first-order valence-electron chi connectivity index (χ1n) is 3.03. The molecule has 0 saturated heterocycles. The fourth-order valence-electron chi connectivity index (χ4n) is 0.441. The number of carbonyl (C=O) groups excluding carboxylic acids is 1. The van der Waals surface area contributed by atoms with Gasteiger partial charge in [0.15, 0.2) is 6.29 Å². The molecule has 1 atom stereocenters. The number of hydrogen-bond acceptors (Lipinski definition) is 5. The third-order valence-electron chi connectivity index (χ3n) is 0.831. The molecule has 0 unspecified atom stereocenters. The van der Waals surface area contributed by atoms with E-state index in [1.54, 1.807) is 0 Å². The Morgan fingerprint density at radius 3 is 1.93 bits per heavy atom. The SMILES string of the molecule is O=C[C@@H](COP(=O)(O)O)OP(=O)(O)O. The van der Waals surface area contributed by atoms with Crippen LogP contribution in [0.25, 0.3) is 0 Å². The smallest absolute Gasteiger partial charge is 0.303 e. The molecule has 84 valence electrons. The summed E-state index contributed by atoms with van der Waals surface area (Å²) >= 11 is 0. The summed E-state index contributed by atoms with van der Waals surface area (Å²) in [6, 6.07) is 0. The van der Waals surface area contributed by atoms with E-state index in [4.69, 9.17) is 19.6 Å². The van der Waals surface area contributed by atoms with E-state index in [1.807, 2.05) is 0 Å². The minimum atomic E-state index is -4.88. The Morgan fingerprint density at radius 2 is 1.64 bits per heavy atom. The largest absolute Gasteiger partial charge is 0.470 e. The second kappa shape index (κ2) is 5.11. The van der Waals surface area contributed by atoms with E-state index in [9.17, 15) is 13.9 Å². The highest BCUT2D eigenvalue weighted by Gasteiger charge is 2.25. The van der Waals surface area contributed by atoms with Crippen molar-refractivity contribution in [2.45, 2.75) is 6.10 Å². The van der Waals surface area contributed by atoms with Crippen LogP contribution in [-0.4, -0.2) is 38.6 Å². The van der Waals surface area contributed by atoms with Crippen LogP contribution in [0.3, 0.4) is 0 Å². The van der Waals surface area contributed by atoms with E-state index in [0.29, 0.717) is 0 Å². The first-order valence-corrected chi connectivity index (χ1v) is 6.09. The van der Waals surface area contributed by atoms with E-state index < -0.39 is 28.4 Å². The van der Waals surface area contributed by atoms with Gasteiger partial charge in [-0.3, -0.25) is 9.05 Å². The third-order valence-corrected chi connectivity index (χ3v) is 1.86. The van der Waals surface area contributed by atoms with Crippen molar-refractivity contribution in [3.63, 3.8) is 0 Å². The predicted molar refractivity (Wildman–Crippen MR) is 41.0 cm³/mol. The molecule has 0 spiro atoms. The Labute approximate surface area is 78.1 Å². The van der Waals surface area contributed by atoms with Crippen LogP contribution in [0.1, 0.15) is 0 Å². The van der Waals surface area contributed by atoms with Gasteiger partial charge in [-0.2, -0.15) is 0 Å². The van der Waals surface area contributed by atoms with Gasteiger partial charge in [-0.1, -0.05) is 0 Å². The number of hydrogen-bond donors (Lipinski definition) is 4. The molecule has 9 nitrogen and oxygen atoms in total. The summed E-state index contributed by atoms with van der Waals surface area (Å²) in [4.78, 5) is 42.9. The maximum atomic E-state index is 10.2. The second-order valence-corrected chi connectivity index (χ2v) is 4.49. The molecule has 4 N–H and O–H groups in total. The minimum absolute atomic E-state index is 0.0469. The first-order chi connectivity index (χ1) is 6.14. The van der Waals surface area contributed by atoms with Gasteiger partial charge in [0.1, 0.15) is 6.10 Å². The van der Waals surface area contributed by atoms with Gasteiger partial charge < -0.3 is 24.4 Å². The highest BCUT2D eigenvalue weighted by molar-refractivity contribution is 7.46. The molecular formula is C3H8O9P2. The average Bonchev–Trinajstić information content (AvgIpc) is 1.94. The van der Waals surface area contributed by atoms with Gasteiger partial charge in [-0.05, 0) is 0 Å². The van der Waals surface area contributed by atoms with E-state index in [2.05, 4.69) is 9.05 Å². The molecule has 0 aromatic rings. The monoisotopic (exact) mass is 250 g/mol. The number of phosphoric acid groups is 2. The summed E-state index contributed by atoms with van der Waals surface area (Å²) in [5.41, 5.74) is 0. The molecule has 0 rings (SSSR count). The van der Waals surface area contributed by atoms with Crippen LogP contribution in [-0.2, 0) is 23.0 Å². The van der Waals surface area contributed by atoms with Gasteiger partial charge in [-0.25, -0.2) is 9.13 Å². The van der Waals surface area contributed by atoms with E-state index in [0.717, 1.165) is 0 Å². The summed E-state index contributed by atoms with van der Waals surface area (Å²) in [6.45, 7) is -0.946. The number of aldehydes is 1. The molecule has 0 aliphatic rings. The number of phosphoric ester groups is 2. The molecule has 0 heterocycles. The van der Waals surface area contributed by atoms with Crippen LogP contribution in [0.4, 0.5) is 0 Å². The molecule has 0 saturated carbocycles. The minimum Gasteiger partial charge on any atom is -0.303 e. The van der Waals surface area contributed by atoms with Crippen molar-refractivity contribution in [1.29, 1.82) is 0 Å². The highest BCUT2D eigenvalue weighted by atomic mass is 31.2. The van der Waals surface area contributed by atoms with Gasteiger partial charge >= 0.3 is 15.6 Å². The lowest BCUT2D eigenvalue weighted by Gasteiger charge is -2.12. The van der Waals surface area contributed by atoms with Crippen molar-refractivity contribution in [1.82, 2.24) is 0 Å². The van der Waals surface area contributed by atoms with E-state index >= 15 is 0 Å². The zero-order chi connectivity index (χ0) is 11.4. The van der Waals surface area contributed by atoms with Crippen molar-refractivity contribution >= 4 is 21.9 Å². The van der Waals surface area contributed by atoms with Crippen molar-refractivity contribution in [3.05, 3.63) is 0 Å². The zero-order valence-electron chi connectivity index (χ0n) is 6.59. The lowest BCUT2D eigenvalue weighted by Crippen LogP contribution is -2.19. The van der Waals surface area contributed by atoms with Gasteiger partial charge in [0.2, 0.25) is 0 Å². The molecule has 0 aromatic carbocycles. The Kier molecular flexibility index (Phi) is 5.07. The fraction of sp³-hybridized carbons (Fsp3) is 0.667. The van der Waals surface area contributed by atoms with Gasteiger partial charge in [0.05, 0.1) is 6.61 Å². The molecule has 0 aliphatic heterocycles. The number of carbonyl (C=O) groups is 1. The van der Waals surface area contributed by atoms with Crippen LogP contribution < -0.4 is 0 Å². The lowest BCUT2D eigenvalue weighted by molar-refractivity contribution is -0.115. The Bertz CT molecular complexity index is 274. The van der Waals surface area contributed by atoms with E-state index in [1.165, 1.54) is 0 Å². The Morgan fingerprint density at radius 1 is 1.14 bits per heavy atom. The van der Waals surface area contributed by atoms with E-state index in [-0.39, 0.29) is 6.29 Å². The van der Waals surface area contributed by atoms with Crippen LogP contribution in [0, 0.1) is 0 Å². The highest BCUT2D eigenvalue weighted by Crippen LogP contribution is 2.39. The quantitative estimate of drug-likeness (QED) is 0.335. The van der Waals surface area contributed by atoms with Crippen molar-refractivity contribution < 1.29 is 42.5 Å². The van der Waals surface area contributed by atoms with Crippen LogP contribution in [0.5, 0.6) is 0 Å². The predicted octanol–water partition coefficient (Wildman–Crippen LogP) is -1.23. The zero-order valence-corrected chi connectivity index (χ0v) is 8.38. The normalized spacial score (nSPS) is 15.1. The maximum absolute atomic E-state index is 10.2. The Balaban J connectivity index is 4.12. The van der Waals surface area contributed by atoms with Crippen LogP contribution >= 0.6 is 15.6 Å². The summed E-state index contributed by atoms with van der Waals surface area (Å²) in [5, 5.41) is 0. The van der Waals surface area contributed by atoms with Crippen LogP contribution in [0.15, 0.2) is 0 Å². The summed E-state index contributed by atoms with van der Waals surface area (Å²) in [6.07, 6.45) is -1.78. The van der Waals surface area contributed by atoms with Crippen LogP contribution in [0.2, 0.25) is 0 Å². The molecule has 11 heteroatoms. The van der Waals surface area contributed by atoms with Gasteiger partial charge in [0.25, 0.3) is 0 Å². The fourth-order valence-corrected chi connectivity index (χ4v) is 1.25. The first kappa shape index (κ1) is 13.9. The van der Waals surface area contributed by atoms with Crippen molar-refractivity contribution in [2.75, 3.05) is 6.61 Å². The molecule has 0 fully saturated rings. The van der Waals surface area contributed by atoms with Gasteiger partial charge in [0, 0.05) is 0 Å². The Hall–Kier alpha value is -0.110. The van der Waals surface area contributed by atoms with Gasteiger partial charge in [-0.15, -0.1) is 0 Å². The summed E-state index contributed by atoms with van der Waals surface area (Å²) < 4.78 is 27.9. The molecule has 14 heavy (non-hydrogen) atoms. The molecule has 0 amide bonds. The molecule has 0 radical (unpaired) electrons. The maximum Gasteiger partial charge on any atom is 0.470 e. The number of rotatable bonds is 6. The third kappa shape index (κ3) is 8.49. The van der Waals surface area contributed by atoms with Crippen molar-refractivity contribution in [3.8, 4) is 0 Å². The lowest BCUT2D eigenvalue weighted by atomic mass is 10.4. The topological polar surface area (TPSA) is 151 Å². The second-order valence-electron chi connectivity index (χ2n) is 2.06. The average molecular weight is 250 g/mol. The summed E-state index contributed by atoms with van der Waals surface area (Å²) in [5.74, 6) is 0. The molecule has 0 aromatic heterocycles. The molecule has 0 bridgehead atoms. The molecular weight excluding hydrogens is 242 g/mol.